The quantitative estimate of drug-likeness (QED) is 0.402. The number of para-hydroxylation sites is 1. The Hall–Kier alpha value is -2.66. The highest BCUT2D eigenvalue weighted by atomic mass is 35.5. The van der Waals surface area contributed by atoms with Crippen LogP contribution in [0, 0.1) is 10.1 Å². The molecule has 106 valence electrons. The summed E-state index contributed by atoms with van der Waals surface area (Å²) in [5, 5.41) is 20.6. The van der Waals surface area contributed by atoms with Crippen LogP contribution in [-0.2, 0) is 4.79 Å². The summed E-state index contributed by atoms with van der Waals surface area (Å²) in [6.45, 7) is 0. The van der Waals surface area contributed by atoms with Crippen LogP contribution in [0.5, 0.6) is 0 Å². The highest BCUT2D eigenvalue weighted by Crippen LogP contribution is 2.28. The number of benzene rings is 2. The van der Waals surface area contributed by atoms with Crippen molar-refractivity contribution in [3.05, 3.63) is 74.8 Å². The molecular formula is C15H10ClNO4. The van der Waals surface area contributed by atoms with Crippen molar-refractivity contribution < 1.29 is 14.8 Å². The van der Waals surface area contributed by atoms with Gasteiger partial charge < -0.3 is 5.11 Å². The Bertz CT molecular complexity index is 740. The van der Waals surface area contributed by atoms with Crippen molar-refractivity contribution in [2.75, 3.05) is 0 Å². The number of carboxylic acids is 1. The molecule has 0 aromatic heterocycles. The first-order valence-electron chi connectivity index (χ1n) is 5.94. The normalized spacial score (nSPS) is 11.2. The molecule has 21 heavy (non-hydrogen) atoms. The first-order chi connectivity index (χ1) is 10.0. The fourth-order valence-corrected chi connectivity index (χ4v) is 2.10. The monoisotopic (exact) mass is 303 g/mol. The van der Waals surface area contributed by atoms with E-state index in [1.165, 1.54) is 24.3 Å². The number of hydrogen-bond donors (Lipinski definition) is 1. The zero-order chi connectivity index (χ0) is 15.4. The van der Waals surface area contributed by atoms with E-state index in [0.29, 0.717) is 5.56 Å². The molecule has 0 spiro atoms. The minimum absolute atomic E-state index is 0.102. The maximum absolute atomic E-state index is 11.4. The second kappa shape index (κ2) is 6.19. The van der Waals surface area contributed by atoms with Gasteiger partial charge in [-0.3, -0.25) is 10.1 Å². The summed E-state index contributed by atoms with van der Waals surface area (Å²) in [6.07, 6.45) is 1.25. The van der Waals surface area contributed by atoms with Gasteiger partial charge in [0, 0.05) is 16.7 Å². The van der Waals surface area contributed by atoms with Gasteiger partial charge in [0.15, 0.2) is 0 Å². The van der Waals surface area contributed by atoms with Crippen LogP contribution in [0.15, 0.2) is 48.5 Å². The van der Waals surface area contributed by atoms with E-state index in [1.807, 2.05) is 0 Å². The van der Waals surface area contributed by atoms with Crippen LogP contribution in [-0.4, -0.2) is 16.0 Å². The molecule has 0 amide bonds. The molecule has 0 saturated heterocycles. The number of rotatable bonds is 4. The predicted octanol–water partition coefficient (Wildman–Crippen LogP) is 3.87. The second-order valence-electron chi connectivity index (χ2n) is 4.16. The van der Waals surface area contributed by atoms with E-state index in [2.05, 4.69) is 0 Å². The van der Waals surface area contributed by atoms with Gasteiger partial charge in [-0.1, -0.05) is 41.9 Å². The molecule has 0 aliphatic heterocycles. The number of carbonyl (C=O) groups is 1. The number of hydrogen-bond acceptors (Lipinski definition) is 3. The minimum Gasteiger partial charge on any atom is -0.478 e. The maximum atomic E-state index is 11.4. The minimum atomic E-state index is -1.21. The van der Waals surface area contributed by atoms with Crippen molar-refractivity contribution in [1.82, 2.24) is 0 Å². The standard InChI is InChI=1S/C15H10ClNO4/c16-13-7-3-2-6-11(13)12(15(18)19)9-10-5-1-4-8-14(10)17(20)21/h1-9H,(H,18,19). The van der Waals surface area contributed by atoms with Crippen LogP contribution in [0.1, 0.15) is 11.1 Å². The molecule has 0 bridgehead atoms. The van der Waals surface area contributed by atoms with Crippen LogP contribution < -0.4 is 0 Å². The molecule has 2 aromatic rings. The van der Waals surface area contributed by atoms with Gasteiger partial charge in [0.2, 0.25) is 0 Å². The molecule has 0 fully saturated rings. The van der Waals surface area contributed by atoms with Crippen molar-refractivity contribution in [1.29, 1.82) is 0 Å². The van der Waals surface area contributed by atoms with Gasteiger partial charge in [-0.25, -0.2) is 4.79 Å². The van der Waals surface area contributed by atoms with E-state index in [-0.39, 0.29) is 21.8 Å². The Morgan fingerprint density at radius 2 is 1.76 bits per heavy atom. The van der Waals surface area contributed by atoms with E-state index >= 15 is 0 Å². The SMILES string of the molecule is O=C(O)C(=Cc1ccccc1[N+](=O)[O-])c1ccccc1Cl. The summed E-state index contributed by atoms with van der Waals surface area (Å²) in [7, 11) is 0. The number of aliphatic carboxylic acids is 1. The third-order valence-electron chi connectivity index (χ3n) is 2.83. The van der Waals surface area contributed by atoms with Crippen LogP contribution in [0.3, 0.4) is 0 Å². The first kappa shape index (κ1) is 14.7. The lowest BCUT2D eigenvalue weighted by molar-refractivity contribution is -0.385. The molecule has 0 aliphatic rings. The Morgan fingerprint density at radius 1 is 1.14 bits per heavy atom. The molecule has 0 atom stereocenters. The summed E-state index contributed by atoms with van der Waals surface area (Å²) in [5.41, 5.74) is 0.253. The Kier molecular flexibility index (Phi) is 4.35. The number of nitrogens with zero attached hydrogens (tertiary/aromatic N) is 1. The molecule has 1 N–H and O–H groups in total. The summed E-state index contributed by atoms with van der Waals surface area (Å²) in [5.74, 6) is -1.21. The lowest BCUT2D eigenvalue weighted by Crippen LogP contribution is -2.01. The summed E-state index contributed by atoms with van der Waals surface area (Å²) >= 11 is 5.99. The number of nitro groups is 1. The fraction of sp³-hybridized carbons (Fsp3) is 0. The Morgan fingerprint density at radius 3 is 2.38 bits per heavy atom. The molecule has 5 nitrogen and oxygen atoms in total. The molecular weight excluding hydrogens is 294 g/mol. The molecule has 0 heterocycles. The maximum Gasteiger partial charge on any atom is 0.336 e. The van der Waals surface area contributed by atoms with Crippen molar-refractivity contribution in [3.8, 4) is 0 Å². The zero-order valence-electron chi connectivity index (χ0n) is 10.7. The largest absolute Gasteiger partial charge is 0.478 e. The first-order valence-corrected chi connectivity index (χ1v) is 6.32. The van der Waals surface area contributed by atoms with Gasteiger partial charge in [-0.15, -0.1) is 0 Å². The molecule has 2 rings (SSSR count). The third kappa shape index (κ3) is 3.27. The lowest BCUT2D eigenvalue weighted by atomic mass is 10.0. The van der Waals surface area contributed by atoms with Gasteiger partial charge in [0.05, 0.1) is 16.1 Å². The van der Waals surface area contributed by atoms with E-state index in [4.69, 9.17) is 11.6 Å². The highest BCUT2D eigenvalue weighted by Gasteiger charge is 2.17. The van der Waals surface area contributed by atoms with Gasteiger partial charge in [0.1, 0.15) is 0 Å². The number of carboxylic acid groups (broad SMARTS) is 1. The molecule has 2 aromatic carbocycles. The van der Waals surface area contributed by atoms with Crippen molar-refractivity contribution in [2.45, 2.75) is 0 Å². The molecule has 0 radical (unpaired) electrons. The molecule has 6 heteroatoms. The number of halogens is 1. The van der Waals surface area contributed by atoms with E-state index < -0.39 is 10.9 Å². The van der Waals surface area contributed by atoms with Crippen molar-refractivity contribution in [2.24, 2.45) is 0 Å². The topological polar surface area (TPSA) is 80.4 Å². The van der Waals surface area contributed by atoms with Crippen molar-refractivity contribution in [3.63, 3.8) is 0 Å². The third-order valence-corrected chi connectivity index (χ3v) is 3.16. The van der Waals surface area contributed by atoms with Gasteiger partial charge in [-0.05, 0) is 18.2 Å². The van der Waals surface area contributed by atoms with E-state index in [1.54, 1.807) is 30.3 Å². The Balaban J connectivity index is 2.62. The molecule has 0 unspecified atom stereocenters. The zero-order valence-corrected chi connectivity index (χ0v) is 11.4. The van der Waals surface area contributed by atoms with Gasteiger partial charge in [-0.2, -0.15) is 0 Å². The van der Waals surface area contributed by atoms with Crippen LogP contribution >= 0.6 is 11.6 Å². The van der Waals surface area contributed by atoms with Gasteiger partial charge in [0.25, 0.3) is 5.69 Å². The summed E-state index contributed by atoms with van der Waals surface area (Å²) in [4.78, 5) is 21.9. The summed E-state index contributed by atoms with van der Waals surface area (Å²) in [6, 6.07) is 12.4. The highest BCUT2D eigenvalue weighted by molar-refractivity contribution is 6.35. The Labute approximate surface area is 125 Å². The van der Waals surface area contributed by atoms with E-state index in [0.717, 1.165) is 0 Å². The van der Waals surface area contributed by atoms with E-state index in [9.17, 15) is 20.0 Å². The molecule has 0 saturated carbocycles. The fourth-order valence-electron chi connectivity index (χ4n) is 1.87. The van der Waals surface area contributed by atoms with Gasteiger partial charge >= 0.3 is 5.97 Å². The second-order valence-corrected chi connectivity index (χ2v) is 4.57. The lowest BCUT2D eigenvalue weighted by Gasteiger charge is -2.05. The number of nitro benzene ring substituents is 1. The van der Waals surface area contributed by atoms with Crippen LogP contribution in [0.4, 0.5) is 5.69 Å². The average molecular weight is 304 g/mol. The average Bonchev–Trinajstić information content (AvgIpc) is 2.45. The van der Waals surface area contributed by atoms with Crippen molar-refractivity contribution >= 4 is 34.9 Å². The molecule has 0 aliphatic carbocycles. The predicted molar refractivity (Wildman–Crippen MR) is 80.1 cm³/mol. The summed E-state index contributed by atoms with van der Waals surface area (Å²) < 4.78 is 0. The van der Waals surface area contributed by atoms with Crippen LogP contribution in [0.2, 0.25) is 5.02 Å². The van der Waals surface area contributed by atoms with Crippen LogP contribution in [0.25, 0.3) is 11.6 Å². The smallest absolute Gasteiger partial charge is 0.336 e.